The predicted octanol–water partition coefficient (Wildman–Crippen LogP) is 1.87. The first-order chi connectivity index (χ1) is 11.1. The van der Waals surface area contributed by atoms with Crippen LogP contribution in [0.1, 0.15) is 25.1 Å². The van der Waals surface area contributed by atoms with Crippen LogP contribution in [0, 0.1) is 6.92 Å². The first kappa shape index (κ1) is 19.1. The number of piperazine rings is 1. The minimum Gasteiger partial charge on any atom is -0.329 e. The Kier molecular flexibility index (Phi) is 8.94. The van der Waals surface area contributed by atoms with Gasteiger partial charge in [0.1, 0.15) is 0 Å². The molecule has 0 aromatic carbocycles. The fourth-order valence-corrected chi connectivity index (χ4v) is 2.11. The number of aryl methyl sites for hydroxylation is 1. The molecule has 1 aliphatic heterocycles. The van der Waals surface area contributed by atoms with Gasteiger partial charge in [-0.1, -0.05) is 19.9 Å². The van der Waals surface area contributed by atoms with Crippen molar-refractivity contribution in [2.45, 2.75) is 27.3 Å². The SMILES string of the molecule is CC.CN1CCN(Cc2ccn[nH]2)CC1.Cc1ccc(=O)[nH]c1. The second-order valence-corrected chi connectivity index (χ2v) is 5.39. The quantitative estimate of drug-likeness (QED) is 0.887. The Bertz CT molecular complexity index is 550. The Morgan fingerprint density at radius 2 is 1.83 bits per heavy atom. The summed E-state index contributed by atoms with van der Waals surface area (Å²) in [7, 11) is 2.17. The van der Waals surface area contributed by atoms with Crippen molar-refractivity contribution < 1.29 is 0 Å². The summed E-state index contributed by atoms with van der Waals surface area (Å²) in [6.07, 6.45) is 3.49. The maximum absolute atomic E-state index is 10.4. The molecule has 0 radical (unpaired) electrons. The highest BCUT2D eigenvalue weighted by atomic mass is 16.1. The minimum atomic E-state index is -0.0457. The van der Waals surface area contributed by atoms with Crippen LogP contribution in [0.4, 0.5) is 0 Å². The molecule has 3 rings (SSSR count). The molecule has 1 fully saturated rings. The minimum absolute atomic E-state index is 0.0457. The zero-order valence-electron chi connectivity index (χ0n) is 14.7. The van der Waals surface area contributed by atoms with Crippen molar-refractivity contribution in [1.29, 1.82) is 0 Å². The Balaban J connectivity index is 0.000000228. The number of H-pyrrole nitrogens is 2. The summed E-state index contributed by atoms with van der Waals surface area (Å²) in [5, 5.41) is 6.93. The van der Waals surface area contributed by atoms with Gasteiger partial charge in [0, 0.05) is 56.9 Å². The molecule has 0 unspecified atom stereocenters. The van der Waals surface area contributed by atoms with Crippen LogP contribution in [0.15, 0.2) is 35.4 Å². The largest absolute Gasteiger partial charge is 0.329 e. The maximum Gasteiger partial charge on any atom is 0.247 e. The van der Waals surface area contributed by atoms with Crippen LogP contribution in [0.2, 0.25) is 0 Å². The summed E-state index contributed by atoms with van der Waals surface area (Å²) >= 11 is 0. The lowest BCUT2D eigenvalue weighted by Gasteiger charge is -2.31. The third kappa shape index (κ3) is 7.76. The average molecular weight is 319 g/mol. The number of hydrogen-bond donors (Lipinski definition) is 2. The molecule has 2 aromatic heterocycles. The van der Waals surface area contributed by atoms with Crippen LogP contribution in [0.25, 0.3) is 0 Å². The average Bonchev–Trinajstić information content (AvgIpc) is 3.08. The summed E-state index contributed by atoms with van der Waals surface area (Å²) in [4.78, 5) is 17.7. The van der Waals surface area contributed by atoms with Gasteiger partial charge in [0.25, 0.3) is 0 Å². The summed E-state index contributed by atoms with van der Waals surface area (Å²) in [5.74, 6) is 0. The second-order valence-electron chi connectivity index (χ2n) is 5.39. The van der Waals surface area contributed by atoms with Gasteiger partial charge in [0.05, 0.1) is 0 Å². The van der Waals surface area contributed by atoms with E-state index in [0.29, 0.717) is 0 Å². The maximum atomic E-state index is 10.4. The topological polar surface area (TPSA) is 68.0 Å². The molecule has 2 aromatic rings. The Morgan fingerprint density at radius 1 is 1.13 bits per heavy atom. The monoisotopic (exact) mass is 319 g/mol. The number of nitrogens with one attached hydrogen (secondary N) is 2. The summed E-state index contributed by atoms with van der Waals surface area (Å²) in [6.45, 7) is 11.6. The van der Waals surface area contributed by atoms with Crippen molar-refractivity contribution in [3.05, 3.63) is 52.2 Å². The van der Waals surface area contributed by atoms with Crippen LogP contribution in [-0.2, 0) is 6.54 Å². The summed E-state index contributed by atoms with van der Waals surface area (Å²) in [6, 6.07) is 5.33. The molecule has 128 valence electrons. The van der Waals surface area contributed by atoms with Gasteiger partial charge in [0.15, 0.2) is 0 Å². The molecule has 2 N–H and O–H groups in total. The Labute approximate surface area is 138 Å². The number of pyridine rings is 1. The van der Waals surface area contributed by atoms with Gasteiger partial charge >= 0.3 is 0 Å². The summed E-state index contributed by atoms with van der Waals surface area (Å²) in [5.41, 5.74) is 2.24. The molecule has 3 heterocycles. The van der Waals surface area contributed by atoms with Crippen molar-refractivity contribution in [1.82, 2.24) is 25.0 Å². The molecule has 0 amide bonds. The van der Waals surface area contributed by atoms with Crippen molar-refractivity contribution in [3.63, 3.8) is 0 Å². The zero-order valence-corrected chi connectivity index (χ0v) is 14.7. The number of likely N-dealkylation sites (N-methyl/N-ethyl adjacent to an activating group) is 1. The van der Waals surface area contributed by atoms with E-state index in [1.165, 1.54) is 24.8 Å². The lowest BCUT2D eigenvalue weighted by molar-refractivity contribution is 0.147. The fraction of sp³-hybridized carbons (Fsp3) is 0.529. The van der Waals surface area contributed by atoms with E-state index < -0.39 is 0 Å². The van der Waals surface area contributed by atoms with E-state index >= 15 is 0 Å². The van der Waals surface area contributed by atoms with E-state index in [1.807, 2.05) is 33.0 Å². The fourth-order valence-electron chi connectivity index (χ4n) is 2.11. The van der Waals surface area contributed by atoms with Crippen LogP contribution < -0.4 is 5.56 Å². The third-order valence-corrected chi connectivity index (χ3v) is 3.49. The predicted molar refractivity (Wildman–Crippen MR) is 94.5 cm³/mol. The van der Waals surface area contributed by atoms with Gasteiger partial charge in [-0.2, -0.15) is 5.10 Å². The van der Waals surface area contributed by atoms with Crippen molar-refractivity contribution >= 4 is 0 Å². The highest BCUT2D eigenvalue weighted by molar-refractivity contribution is 5.04. The third-order valence-electron chi connectivity index (χ3n) is 3.49. The molecular weight excluding hydrogens is 290 g/mol. The lowest BCUT2D eigenvalue weighted by Crippen LogP contribution is -2.43. The zero-order chi connectivity index (χ0) is 17.1. The molecule has 0 aliphatic carbocycles. The van der Waals surface area contributed by atoms with E-state index in [2.05, 4.69) is 32.0 Å². The molecule has 6 nitrogen and oxygen atoms in total. The molecule has 6 heteroatoms. The highest BCUT2D eigenvalue weighted by Gasteiger charge is 2.13. The van der Waals surface area contributed by atoms with Crippen molar-refractivity contribution in [3.8, 4) is 0 Å². The van der Waals surface area contributed by atoms with Crippen LogP contribution in [0.3, 0.4) is 0 Å². The van der Waals surface area contributed by atoms with Gasteiger partial charge < -0.3 is 9.88 Å². The standard InChI is InChI=1S/C9H16N4.C6H7NO.C2H6/c1-12-4-6-13(7-5-12)8-9-2-3-10-11-9;1-5-2-3-6(8)7-4-5;1-2/h2-3H,4-8H2,1H3,(H,10,11);2-4H,1H3,(H,7,8);1-2H3. The molecule has 0 bridgehead atoms. The van der Waals surface area contributed by atoms with Gasteiger partial charge in [-0.25, -0.2) is 0 Å². The first-order valence-corrected chi connectivity index (χ1v) is 8.18. The molecule has 0 saturated carbocycles. The Morgan fingerprint density at radius 3 is 2.30 bits per heavy atom. The van der Waals surface area contributed by atoms with Crippen LogP contribution in [0.5, 0.6) is 0 Å². The van der Waals surface area contributed by atoms with E-state index in [9.17, 15) is 4.79 Å². The molecule has 23 heavy (non-hydrogen) atoms. The molecule has 1 aliphatic rings. The summed E-state index contributed by atoms with van der Waals surface area (Å²) < 4.78 is 0. The van der Waals surface area contributed by atoms with Crippen LogP contribution >= 0.6 is 0 Å². The van der Waals surface area contributed by atoms with Gasteiger partial charge in [0.2, 0.25) is 5.56 Å². The number of nitrogens with zero attached hydrogens (tertiary/aromatic N) is 3. The van der Waals surface area contributed by atoms with E-state index in [0.717, 1.165) is 25.2 Å². The first-order valence-electron chi connectivity index (χ1n) is 8.18. The van der Waals surface area contributed by atoms with E-state index in [4.69, 9.17) is 0 Å². The van der Waals surface area contributed by atoms with Gasteiger partial charge in [-0.3, -0.25) is 14.8 Å². The molecule has 1 saturated heterocycles. The van der Waals surface area contributed by atoms with Crippen molar-refractivity contribution in [2.75, 3.05) is 33.2 Å². The number of aromatic amines is 2. The van der Waals surface area contributed by atoms with Gasteiger partial charge in [-0.15, -0.1) is 0 Å². The normalized spacial score (nSPS) is 15.1. The second kappa shape index (κ2) is 10.7. The lowest BCUT2D eigenvalue weighted by atomic mass is 10.3. The molecule has 0 spiro atoms. The molecule has 0 atom stereocenters. The van der Waals surface area contributed by atoms with E-state index in [1.54, 1.807) is 12.3 Å². The highest BCUT2D eigenvalue weighted by Crippen LogP contribution is 2.04. The molecular formula is C17H29N5O. The number of aromatic nitrogens is 3. The van der Waals surface area contributed by atoms with E-state index in [-0.39, 0.29) is 5.56 Å². The van der Waals surface area contributed by atoms with Gasteiger partial charge in [-0.05, 0) is 25.6 Å². The Hall–Kier alpha value is -1.92. The smallest absolute Gasteiger partial charge is 0.247 e. The van der Waals surface area contributed by atoms with Crippen molar-refractivity contribution in [2.24, 2.45) is 0 Å². The van der Waals surface area contributed by atoms with Crippen LogP contribution in [-0.4, -0.2) is 58.2 Å². The number of hydrogen-bond acceptors (Lipinski definition) is 4. The number of rotatable bonds is 2.